The highest BCUT2D eigenvalue weighted by Gasteiger charge is 2.06. The summed E-state index contributed by atoms with van der Waals surface area (Å²) in [4.78, 5) is 11.9. The second kappa shape index (κ2) is 6.95. The Balaban J connectivity index is 2.25. The normalized spacial score (nSPS) is 9.86. The second-order valence-electron chi connectivity index (χ2n) is 4.89. The lowest BCUT2D eigenvalue weighted by molar-refractivity contribution is -0.111. The molecule has 0 saturated heterocycles. The predicted octanol–water partition coefficient (Wildman–Crippen LogP) is 4.99. The van der Waals surface area contributed by atoms with Gasteiger partial charge in [0.15, 0.2) is 0 Å². The van der Waals surface area contributed by atoms with E-state index >= 15 is 0 Å². The summed E-state index contributed by atoms with van der Waals surface area (Å²) >= 11 is 6.04. The molecule has 2 N–H and O–H groups in total. The van der Waals surface area contributed by atoms with E-state index in [1.54, 1.807) is 24.3 Å². The maximum atomic E-state index is 11.9. The number of allylic oxidation sites excluding steroid dienone is 1. The molecule has 1 amide bonds. The van der Waals surface area contributed by atoms with Crippen molar-refractivity contribution in [1.29, 1.82) is 0 Å². The Morgan fingerprint density at radius 3 is 2.43 bits per heavy atom. The number of hydrogen-bond acceptors (Lipinski definition) is 2. The van der Waals surface area contributed by atoms with E-state index in [1.807, 2.05) is 44.2 Å². The van der Waals surface area contributed by atoms with Crippen LogP contribution in [0.25, 0.3) is 0 Å². The average molecular weight is 301 g/mol. The van der Waals surface area contributed by atoms with Crippen molar-refractivity contribution in [2.75, 3.05) is 10.6 Å². The van der Waals surface area contributed by atoms with E-state index in [4.69, 9.17) is 11.6 Å². The number of carbonyl (C=O) groups excluding carboxylic acids is 1. The molecule has 0 fully saturated rings. The summed E-state index contributed by atoms with van der Waals surface area (Å²) in [7, 11) is 0. The number of rotatable bonds is 4. The van der Waals surface area contributed by atoms with E-state index in [9.17, 15) is 4.79 Å². The third-order valence-corrected chi connectivity index (χ3v) is 2.95. The number of hydrogen-bond donors (Lipinski definition) is 2. The summed E-state index contributed by atoms with van der Waals surface area (Å²) in [5, 5.41) is 6.71. The monoisotopic (exact) mass is 300 g/mol. The Morgan fingerprint density at radius 1 is 1.05 bits per heavy atom. The molecule has 0 saturated carbocycles. The first-order chi connectivity index (χ1) is 10.0. The van der Waals surface area contributed by atoms with Crippen LogP contribution in [0.1, 0.15) is 13.8 Å². The maximum Gasteiger partial charge on any atom is 0.248 e. The van der Waals surface area contributed by atoms with Gasteiger partial charge in [0, 0.05) is 16.8 Å². The van der Waals surface area contributed by atoms with Crippen molar-refractivity contribution >= 4 is 34.6 Å². The molecule has 0 radical (unpaired) electrons. The van der Waals surface area contributed by atoms with Crippen molar-refractivity contribution in [3.8, 4) is 0 Å². The van der Waals surface area contributed by atoms with Gasteiger partial charge in [-0.3, -0.25) is 4.79 Å². The summed E-state index contributed by atoms with van der Waals surface area (Å²) in [5.74, 6) is -0.159. The van der Waals surface area contributed by atoms with Crippen LogP contribution < -0.4 is 10.6 Å². The van der Waals surface area contributed by atoms with Gasteiger partial charge >= 0.3 is 0 Å². The number of carbonyl (C=O) groups is 1. The molecule has 2 aromatic rings. The zero-order valence-corrected chi connectivity index (χ0v) is 12.7. The lowest BCUT2D eigenvalue weighted by Crippen LogP contribution is -2.10. The molecule has 2 aromatic carbocycles. The minimum absolute atomic E-state index is 0.159. The molecule has 0 spiro atoms. The van der Waals surface area contributed by atoms with Gasteiger partial charge in [0.1, 0.15) is 0 Å². The van der Waals surface area contributed by atoms with Crippen molar-refractivity contribution in [3.05, 3.63) is 65.2 Å². The summed E-state index contributed by atoms with van der Waals surface area (Å²) in [6, 6.07) is 15.0. The molecule has 0 aliphatic rings. The number of amides is 1. The fourth-order valence-electron chi connectivity index (χ4n) is 1.84. The van der Waals surface area contributed by atoms with Gasteiger partial charge in [-0.2, -0.15) is 0 Å². The van der Waals surface area contributed by atoms with Gasteiger partial charge < -0.3 is 10.6 Å². The number of anilines is 3. The fraction of sp³-hybridized carbons (Fsp3) is 0.118. The van der Waals surface area contributed by atoms with Crippen molar-refractivity contribution < 1.29 is 4.79 Å². The molecular weight excluding hydrogens is 284 g/mol. The Bertz CT molecular complexity index is 662. The summed E-state index contributed by atoms with van der Waals surface area (Å²) in [5.41, 5.74) is 3.31. The number of halogens is 1. The largest absolute Gasteiger partial charge is 0.354 e. The first-order valence-electron chi connectivity index (χ1n) is 6.62. The van der Waals surface area contributed by atoms with Gasteiger partial charge in [0.05, 0.1) is 11.4 Å². The standard InChI is InChI=1S/C17H17ClN2O/c1-12(2)10-17(21)20-15-9-8-13(18)11-16(15)19-14-6-4-3-5-7-14/h3-11,19H,1-2H3,(H,20,21). The van der Waals surface area contributed by atoms with Gasteiger partial charge in [0.2, 0.25) is 5.91 Å². The molecule has 0 unspecified atom stereocenters. The molecule has 0 heterocycles. The number of nitrogens with one attached hydrogen (secondary N) is 2. The Morgan fingerprint density at radius 2 is 1.76 bits per heavy atom. The Kier molecular flexibility index (Phi) is 5.01. The van der Waals surface area contributed by atoms with E-state index in [0.29, 0.717) is 10.7 Å². The maximum absolute atomic E-state index is 11.9. The van der Waals surface area contributed by atoms with E-state index in [2.05, 4.69) is 10.6 Å². The third kappa shape index (κ3) is 4.65. The highest BCUT2D eigenvalue weighted by atomic mass is 35.5. The molecule has 0 bridgehead atoms. The van der Waals surface area contributed by atoms with E-state index in [-0.39, 0.29) is 5.91 Å². The SMILES string of the molecule is CC(C)=CC(=O)Nc1ccc(Cl)cc1Nc1ccccc1. The first-order valence-corrected chi connectivity index (χ1v) is 7.00. The predicted molar refractivity (Wildman–Crippen MR) is 89.2 cm³/mol. The molecule has 2 rings (SSSR count). The van der Waals surface area contributed by atoms with Crippen molar-refractivity contribution in [2.45, 2.75) is 13.8 Å². The summed E-state index contributed by atoms with van der Waals surface area (Å²) < 4.78 is 0. The van der Waals surface area contributed by atoms with Gasteiger partial charge in [-0.05, 0) is 44.2 Å². The zero-order valence-electron chi connectivity index (χ0n) is 12.0. The Hall–Kier alpha value is -2.26. The van der Waals surface area contributed by atoms with Crippen molar-refractivity contribution in [3.63, 3.8) is 0 Å². The lowest BCUT2D eigenvalue weighted by atomic mass is 10.2. The van der Waals surface area contributed by atoms with Crippen LogP contribution in [0, 0.1) is 0 Å². The topological polar surface area (TPSA) is 41.1 Å². The number of benzene rings is 2. The number of para-hydroxylation sites is 1. The average Bonchev–Trinajstić information content (AvgIpc) is 2.42. The minimum atomic E-state index is -0.159. The molecule has 0 aliphatic carbocycles. The van der Waals surface area contributed by atoms with E-state index < -0.39 is 0 Å². The Labute approximate surface area is 129 Å². The van der Waals surface area contributed by atoms with E-state index in [0.717, 1.165) is 16.9 Å². The van der Waals surface area contributed by atoms with Crippen LogP contribution in [0.3, 0.4) is 0 Å². The zero-order chi connectivity index (χ0) is 15.2. The van der Waals surface area contributed by atoms with Gasteiger partial charge in [0.25, 0.3) is 0 Å². The summed E-state index contributed by atoms with van der Waals surface area (Å²) in [6.07, 6.45) is 1.56. The molecule has 21 heavy (non-hydrogen) atoms. The summed E-state index contributed by atoms with van der Waals surface area (Å²) in [6.45, 7) is 3.76. The quantitative estimate of drug-likeness (QED) is 0.781. The van der Waals surface area contributed by atoms with Gasteiger partial charge in [-0.1, -0.05) is 35.4 Å². The van der Waals surface area contributed by atoms with Crippen LogP contribution in [-0.4, -0.2) is 5.91 Å². The molecule has 108 valence electrons. The van der Waals surface area contributed by atoms with Crippen LogP contribution in [0.4, 0.5) is 17.1 Å². The molecule has 0 aromatic heterocycles. The first kappa shape index (κ1) is 15.1. The second-order valence-corrected chi connectivity index (χ2v) is 5.33. The van der Waals surface area contributed by atoms with Crippen LogP contribution in [-0.2, 0) is 4.79 Å². The molecule has 4 heteroatoms. The lowest BCUT2D eigenvalue weighted by Gasteiger charge is -2.13. The molecule has 0 aliphatic heterocycles. The molecular formula is C17H17ClN2O. The van der Waals surface area contributed by atoms with Crippen LogP contribution >= 0.6 is 11.6 Å². The molecule has 3 nitrogen and oxygen atoms in total. The highest BCUT2D eigenvalue weighted by molar-refractivity contribution is 6.31. The van der Waals surface area contributed by atoms with Crippen molar-refractivity contribution in [2.24, 2.45) is 0 Å². The minimum Gasteiger partial charge on any atom is -0.354 e. The van der Waals surface area contributed by atoms with Crippen LogP contribution in [0.5, 0.6) is 0 Å². The van der Waals surface area contributed by atoms with Crippen molar-refractivity contribution in [1.82, 2.24) is 0 Å². The smallest absolute Gasteiger partial charge is 0.248 e. The molecule has 0 atom stereocenters. The van der Waals surface area contributed by atoms with Gasteiger partial charge in [-0.25, -0.2) is 0 Å². The van der Waals surface area contributed by atoms with Crippen LogP contribution in [0.15, 0.2) is 60.2 Å². The third-order valence-electron chi connectivity index (χ3n) is 2.71. The highest BCUT2D eigenvalue weighted by Crippen LogP contribution is 2.28. The fourth-order valence-corrected chi connectivity index (χ4v) is 2.01. The van der Waals surface area contributed by atoms with E-state index in [1.165, 1.54) is 0 Å². The van der Waals surface area contributed by atoms with Gasteiger partial charge in [-0.15, -0.1) is 0 Å². The van der Waals surface area contributed by atoms with Crippen LogP contribution in [0.2, 0.25) is 5.02 Å².